The highest BCUT2D eigenvalue weighted by Crippen LogP contribution is 2.30. The third-order valence-corrected chi connectivity index (χ3v) is 4.16. The van der Waals surface area contributed by atoms with E-state index >= 15 is 0 Å². The first-order chi connectivity index (χ1) is 9.60. The summed E-state index contributed by atoms with van der Waals surface area (Å²) in [5.41, 5.74) is 0.388. The molecule has 102 valence electrons. The molecule has 6 heteroatoms. The number of aryl methyl sites for hydroxylation is 1. The summed E-state index contributed by atoms with van der Waals surface area (Å²) in [6.07, 6.45) is 1.50. The van der Waals surface area contributed by atoms with E-state index in [0.29, 0.717) is 16.3 Å². The first kappa shape index (κ1) is 12.8. The molecule has 2 aromatic heterocycles. The van der Waals surface area contributed by atoms with E-state index in [2.05, 4.69) is 5.10 Å². The molecule has 3 rings (SSSR count). The van der Waals surface area contributed by atoms with E-state index in [-0.39, 0.29) is 11.6 Å². The zero-order valence-electron chi connectivity index (χ0n) is 10.9. The van der Waals surface area contributed by atoms with Gasteiger partial charge in [-0.2, -0.15) is 5.10 Å². The van der Waals surface area contributed by atoms with E-state index in [0.717, 1.165) is 10.1 Å². The third kappa shape index (κ3) is 1.98. The number of ketones is 1. The second kappa shape index (κ2) is 4.72. The van der Waals surface area contributed by atoms with Crippen LogP contribution in [0.4, 0.5) is 4.39 Å². The normalized spacial score (nSPS) is 10.9. The molecule has 0 aliphatic rings. The average Bonchev–Trinajstić information content (AvgIpc) is 3.00. The van der Waals surface area contributed by atoms with Gasteiger partial charge in [-0.1, -0.05) is 0 Å². The van der Waals surface area contributed by atoms with Crippen LogP contribution in [0.5, 0.6) is 5.75 Å². The van der Waals surface area contributed by atoms with Gasteiger partial charge in [0.25, 0.3) is 0 Å². The van der Waals surface area contributed by atoms with Crippen molar-refractivity contribution in [3.8, 4) is 5.75 Å². The van der Waals surface area contributed by atoms with Gasteiger partial charge in [-0.3, -0.25) is 9.48 Å². The Labute approximate surface area is 118 Å². The van der Waals surface area contributed by atoms with Crippen molar-refractivity contribution in [3.05, 3.63) is 46.9 Å². The molecule has 0 saturated carbocycles. The highest BCUT2D eigenvalue weighted by Gasteiger charge is 2.21. The van der Waals surface area contributed by atoms with Crippen molar-refractivity contribution in [2.24, 2.45) is 7.05 Å². The Morgan fingerprint density at radius 1 is 1.40 bits per heavy atom. The van der Waals surface area contributed by atoms with Crippen molar-refractivity contribution in [2.75, 3.05) is 7.11 Å². The molecule has 0 aliphatic heterocycles. The summed E-state index contributed by atoms with van der Waals surface area (Å²) in [7, 11) is 3.18. The van der Waals surface area contributed by atoms with Crippen molar-refractivity contribution in [3.63, 3.8) is 0 Å². The van der Waals surface area contributed by atoms with Gasteiger partial charge >= 0.3 is 0 Å². The Morgan fingerprint density at radius 2 is 2.20 bits per heavy atom. The summed E-state index contributed by atoms with van der Waals surface area (Å²) in [5, 5.41) is 4.74. The molecule has 0 N–H and O–H groups in total. The number of methoxy groups -OCH3 is 1. The zero-order chi connectivity index (χ0) is 14.3. The Kier molecular flexibility index (Phi) is 3.02. The largest absolute Gasteiger partial charge is 0.493 e. The fourth-order valence-electron chi connectivity index (χ4n) is 2.07. The van der Waals surface area contributed by atoms with Crippen LogP contribution in [0, 0.1) is 5.82 Å². The lowest BCUT2D eigenvalue weighted by Gasteiger charge is -2.02. The van der Waals surface area contributed by atoms with Crippen LogP contribution in [0.2, 0.25) is 0 Å². The van der Waals surface area contributed by atoms with E-state index in [9.17, 15) is 9.18 Å². The molecule has 3 aromatic rings. The quantitative estimate of drug-likeness (QED) is 0.696. The van der Waals surface area contributed by atoms with Crippen LogP contribution in [0.15, 0.2) is 30.5 Å². The Balaban J connectivity index is 2.10. The van der Waals surface area contributed by atoms with Crippen LogP contribution in [-0.2, 0) is 7.05 Å². The standard InChI is InChI=1S/C14H11FN2O2S/c1-17-13(10(19-2)7-16-17)14(18)12-6-8-5-9(15)3-4-11(8)20-12/h3-7H,1-2H3. The van der Waals surface area contributed by atoms with Crippen molar-refractivity contribution < 1.29 is 13.9 Å². The van der Waals surface area contributed by atoms with E-state index in [1.165, 1.54) is 41.5 Å². The summed E-state index contributed by atoms with van der Waals surface area (Å²) in [6.45, 7) is 0. The Bertz CT molecular complexity index is 807. The lowest BCUT2D eigenvalue weighted by atomic mass is 10.2. The van der Waals surface area contributed by atoms with Crippen LogP contribution < -0.4 is 4.74 Å². The fourth-order valence-corrected chi connectivity index (χ4v) is 3.05. The maximum atomic E-state index is 13.2. The van der Waals surface area contributed by atoms with Gasteiger partial charge in [0.1, 0.15) is 5.82 Å². The van der Waals surface area contributed by atoms with Crippen LogP contribution >= 0.6 is 11.3 Å². The van der Waals surface area contributed by atoms with Crippen molar-refractivity contribution in [2.45, 2.75) is 0 Å². The number of ether oxygens (including phenoxy) is 1. The van der Waals surface area contributed by atoms with Gasteiger partial charge in [-0.05, 0) is 29.7 Å². The highest BCUT2D eigenvalue weighted by atomic mass is 32.1. The molecule has 0 bridgehead atoms. The number of nitrogens with zero attached hydrogens (tertiary/aromatic N) is 2. The average molecular weight is 290 g/mol. The van der Waals surface area contributed by atoms with Crippen molar-refractivity contribution >= 4 is 27.2 Å². The summed E-state index contributed by atoms with van der Waals surface area (Å²) in [6, 6.07) is 6.17. The number of benzene rings is 1. The van der Waals surface area contributed by atoms with Gasteiger partial charge in [-0.25, -0.2) is 4.39 Å². The summed E-state index contributed by atoms with van der Waals surface area (Å²) in [5.74, 6) is -0.0583. The Morgan fingerprint density at radius 3 is 2.95 bits per heavy atom. The molecular weight excluding hydrogens is 279 g/mol. The predicted octanol–water partition coefficient (Wildman–Crippen LogP) is 3.01. The van der Waals surface area contributed by atoms with Gasteiger partial charge in [0, 0.05) is 11.7 Å². The fraction of sp³-hybridized carbons (Fsp3) is 0.143. The van der Waals surface area contributed by atoms with Gasteiger partial charge < -0.3 is 4.74 Å². The lowest BCUT2D eigenvalue weighted by molar-refractivity contribution is 0.103. The molecule has 0 saturated heterocycles. The molecule has 4 nitrogen and oxygen atoms in total. The summed E-state index contributed by atoms with van der Waals surface area (Å²) in [4.78, 5) is 13.1. The monoisotopic (exact) mass is 290 g/mol. The number of aromatic nitrogens is 2. The maximum Gasteiger partial charge on any atom is 0.224 e. The molecule has 2 heterocycles. The lowest BCUT2D eigenvalue weighted by Crippen LogP contribution is -2.08. The molecule has 0 unspecified atom stereocenters. The highest BCUT2D eigenvalue weighted by molar-refractivity contribution is 7.21. The number of hydrogen-bond donors (Lipinski definition) is 0. The predicted molar refractivity (Wildman–Crippen MR) is 75.0 cm³/mol. The summed E-state index contributed by atoms with van der Waals surface area (Å²) < 4.78 is 20.7. The second-order valence-corrected chi connectivity index (χ2v) is 5.39. The van der Waals surface area contributed by atoms with Crippen LogP contribution in [-0.4, -0.2) is 22.7 Å². The molecule has 0 spiro atoms. The first-order valence-electron chi connectivity index (χ1n) is 5.90. The molecule has 20 heavy (non-hydrogen) atoms. The van der Waals surface area contributed by atoms with Crippen LogP contribution in [0.1, 0.15) is 15.4 Å². The van der Waals surface area contributed by atoms with E-state index in [1.807, 2.05) is 0 Å². The number of rotatable bonds is 3. The smallest absolute Gasteiger partial charge is 0.224 e. The minimum absolute atomic E-state index is 0.177. The van der Waals surface area contributed by atoms with Gasteiger partial charge in [0.15, 0.2) is 11.4 Å². The molecule has 0 atom stereocenters. The van der Waals surface area contributed by atoms with Gasteiger partial charge in [0.2, 0.25) is 5.78 Å². The topological polar surface area (TPSA) is 44.1 Å². The molecular formula is C14H11FN2O2S. The minimum Gasteiger partial charge on any atom is -0.493 e. The number of carbonyl (C=O) groups is 1. The number of thiophene rings is 1. The second-order valence-electron chi connectivity index (χ2n) is 4.31. The van der Waals surface area contributed by atoms with Crippen LogP contribution in [0.3, 0.4) is 0 Å². The van der Waals surface area contributed by atoms with Gasteiger partial charge in [-0.15, -0.1) is 11.3 Å². The van der Waals surface area contributed by atoms with Crippen molar-refractivity contribution in [1.82, 2.24) is 9.78 Å². The third-order valence-electron chi connectivity index (χ3n) is 3.04. The maximum absolute atomic E-state index is 13.2. The number of hydrogen-bond acceptors (Lipinski definition) is 4. The zero-order valence-corrected chi connectivity index (χ0v) is 11.7. The molecule has 0 aliphatic carbocycles. The van der Waals surface area contributed by atoms with Crippen LogP contribution in [0.25, 0.3) is 10.1 Å². The SMILES string of the molecule is COc1cnn(C)c1C(=O)c1cc2cc(F)ccc2s1. The van der Waals surface area contributed by atoms with E-state index in [1.54, 1.807) is 19.2 Å². The summed E-state index contributed by atoms with van der Waals surface area (Å²) >= 11 is 1.33. The molecule has 0 fully saturated rings. The Hall–Kier alpha value is -2.21. The van der Waals surface area contributed by atoms with E-state index < -0.39 is 0 Å². The first-order valence-corrected chi connectivity index (χ1v) is 6.71. The van der Waals surface area contributed by atoms with E-state index in [4.69, 9.17) is 4.74 Å². The van der Waals surface area contributed by atoms with Crippen molar-refractivity contribution in [1.29, 1.82) is 0 Å². The number of halogens is 1. The minimum atomic E-state index is -0.313. The molecule has 0 amide bonds. The molecule has 0 radical (unpaired) electrons. The number of carbonyl (C=O) groups excluding carboxylic acids is 1. The number of fused-ring (bicyclic) bond motifs is 1. The molecule has 1 aromatic carbocycles. The van der Waals surface area contributed by atoms with Gasteiger partial charge in [0.05, 0.1) is 18.2 Å².